The number of nitrogens with zero attached hydrogens (tertiary/aromatic N) is 3. The lowest BCUT2D eigenvalue weighted by Gasteiger charge is -2.43. The minimum Gasteiger partial charge on any atom is -0.493 e. The highest BCUT2D eigenvalue weighted by atomic mass is 16.5. The van der Waals surface area contributed by atoms with Gasteiger partial charge in [-0.3, -0.25) is 14.4 Å². The number of aromatic nitrogens is 1. The Morgan fingerprint density at radius 3 is 2.64 bits per heavy atom. The fraction of sp³-hybridized carbons (Fsp3) is 0.400. The Bertz CT molecular complexity index is 1200. The molecule has 2 bridgehead atoms. The van der Waals surface area contributed by atoms with Crippen LogP contribution in [-0.2, 0) is 22.6 Å². The highest BCUT2D eigenvalue weighted by molar-refractivity contribution is 5.89. The number of ether oxygens (including phenoxy) is 2. The molecule has 172 valence electrons. The maximum Gasteiger partial charge on any atom is 0.250 e. The molecular weight excluding hydrogens is 422 g/mol. The van der Waals surface area contributed by atoms with Gasteiger partial charge in [-0.2, -0.15) is 0 Å². The molecule has 1 saturated heterocycles. The second-order valence-corrected chi connectivity index (χ2v) is 8.92. The van der Waals surface area contributed by atoms with Gasteiger partial charge in [-0.25, -0.2) is 0 Å². The fourth-order valence-electron chi connectivity index (χ4n) is 5.25. The smallest absolute Gasteiger partial charge is 0.250 e. The van der Waals surface area contributed by atoms with E-state index in [9.17, 15) is 14.4 Å². The molecule has 33 heavy (non-hydrogen) atoms. The number of methoxy groups -OCH3 is 2. The zero-order valence-corrected chi connectivity index (χ0v) is 18.8. The first-order valence-electron chi connectivity index (χ1n) is 11.2. The number of hydrogen-bond acceptors (Lipinski definition) is 5. The molecule has 2 aromatic rings. The Morgan fingerprint density at radius 1 is 1.06 bits per heavy atom. The molecule has 3 aliphatic rings. The summed E-state index contributed by atoms with van der Waals surface area (Å²) in [5, 5.41) is 0. The zero-order valence-electron chi connectivity index (χ0n) is 18.8. The summed E-state index contributed by atoms with van der Waals surface area (Å²) in [4.78, 5) is 41.7. The summed E-state index contributed by atoms with van der Waals surface area (Å²) in [6.07, 6.45) is 4.67. The van der Waals surface area contributed by atoms with Crippen LogP contribution in [0.4, 0.5) is 0 Å². The summed E-state index contributed by atoms with van der Waals surface area (Å²) in [6.45, 7) is 1.81. The van der Waals surface area contributed by atoms with Crippen LogP contribution in [0, 0.1) is 5.92 Å². The minimum absolute atomic E-state index is 0.00136. The number of fused-ring (bicyclic) bond motifs is 5. The number of likely N-dealkylation sites (tertiary alicyclic amines) is 1. The normalized spacial score (nSPS) is 21.2. The summed E-state index contributed by atoms with van der Waals surface area (Å²) in [6, 6.07) is 9.02. The van der Waals surface area contributed by atoms with Gasteiger partial charge < -0.3 is 23.8 Å². The number of hydrogen-bond donors (Lipinski definition) is 0. The van der Waals surface area contributed by atoms with E-state index in [4.69, 9.17) is 9.47 Å². The van der Waals surface area contributed by atoms with Crippen LogP contribution in [0.5, 0.6) is 11.5 Å². The van der Waals surface area contributed by atoms with E-state index in [0.29, 0.717) is 31.1 Å². The van der Waals surface area contributed by atoms with Crippen molar-refractivity contribution in [2.24, 2.45) is 5.92 Å². The molecule has 0 aliphatic carbocycles. The van der Waals surface area contributed by atoms with E-state index in [1.54, 1.807) is 32.6 Å². The maximum atomic E-state index is 13.2. The lowest BCUT2D eigenvalue weighted by Crippen LogP contribution is -2.51. The topological polar surface area (TPSA) is 81.1 Å². The van der Waals surface area contributed by atoms with Crippen molar-refractivity contribution in [3.05, 3.63) is 63.7 Å². The predicted molar refractivity (Wildman–Crippen MR) is 122 cm³/mol. The van der Waals surface area contributed by atoms with Crippen LogP contribution in [0.25, 0.3) is 6.08 Å². The van der Waals surface area contributed by atoms with Crippen molar-refractivity contribution in [2.45, 2.75) is 25.3 Å². The molecule has 8 nitrogen and oxygen atoms in total. The van der Waals surface area contributed by atoms with E-state index < -0.39 is 0 Å². The van der Waals surface area contributed by atoms with E-state index in [1.807, 2.05) is 33.7 Å². The van der Waals surface area contributed by atoms with Gasteiger partial charge in [0.05, 0.1) is 20.6 Å². The highest BCUT2D eigenvalue weighted by Crippen LogP contribution is 2.35. The molecule has 2 amide bonds. The Balaban J connectivity index is 1.31. The second-order valence-electron chi connectivity index (χ2n) is 8.92. The largest absolute Gasteiger partial charge is 0.493 e. The van der Waals surface area contributed by atoms with E-state index in [-0.39, 0.29) is 42.2 Å². The number of carbonyl (C=O) groups excluding carboxylic acids is 2. The number of pyridine rings is 1. The average Bonchev–Trinajstić information content (AvgIpc) is 2.96. The van der Waals surface area contributed by atoms with Gasteiger partial charge in [-0.05, 0) is 47.7 Å². The highest BCUT2D eigenvalue weighted by Gasteiger charge is 2.36. The molecule has 8 heteroatoms. The SMILES string of the molecule is COc1cc2c(cc1OC)CC(=O)N(CC(=O)N1C[C@H]3C[C@@H](C1)c1cccc(=O)n1C3)C=C2. The van der Waals surface area contributed by atoms with Gasteiger partial charge in [0.15, 0.2) is 11.5 Å². The van der Waals surface area contributed by atoms with Crippen molar-refractivity contribution < 1.29 is 19.1 Å². The molecule has 1 fully saturated rings. The first kappa shape index (κ1) is 21.3. The van der Waals surface area contributed by atoms with E-state index in [1.165, 1.54) is 4.90 Å². The summed E-state index contributed by atoms with van der Waals surface area (Å²) < 4.78 is 12.6. The lowest BCUT2D eigenvalue weighted by molar-refractivity contribution is -0.139. The summed E-state index contributed by atoms with van der Waals surface area (Å²) in [7, 11) is 3.13. The van der Waals surface area contributed by atoms with Gasteiger partial charge in [0.1, 0.15) is 6.54 Å². The van der Waals surface area contributed by atoms with E-state index >= 15 is 0 Å². The lowest BCUT2D eigenvalue weighted by atomic mass is 9.83. The van der Waals surface area contributed by atoms with Gasteiger partial charge in [-0.15, -0.1) is 0 Å². The number of carbonyl (C=O) groups is 2. The molecule has 1 aromatic carbocycles. The van der Waals surface area contributed by atoms with Gasteiger partial charge in [0.2, 0.25) is 11.8 Å². The van der Waals surface area contributed by atoms with Crippen LogP contribution in [0.3, 0.4) is 0 Å². The molecule has 0 saturated carbocycles. The van der Waals surface area contributed by atoms with Gasteiger partial charge in [0.25, 0.3) is 5.56 Å². The van der Waals surface area contributed by atoms with Crippen LogP contribution < -0.4 is 15.0 Å². The standard InChI is InChI=1S/C25H27N3O5/c1-32-21-9-17-6-7-26(24(30)11-18(17)10-22(21)33-2)15-25(31)27-12-16-8-19(14-27)20-4-3-5-23(29)28(20)13-16/h3-7,9-10,16,19H,8,11-15H2,1-2H3/t16-,19+/m1/s1. The van der Waals surface area contributed by atoms with E-state index in [2.05, 4.69) is 0 Å². The Hall–Kier alpha value is -3.55. The first-order chi connectivity index (χ1) is 16.0. The van der Waals surface area contributed by atoms with Crippen LogP contribution in [0.1, 0.15) is 29.2 Å². The number of benzene rings is 1. The third-order valence-electron chi connectivity index (χ3n) is 6.88. The summed E-state index contributed by atoms with van der Waals surface area (Å²) >= 11 is 0. The number of amides is 2. The monoisotopic (exact) mass is 449 g/mol. The van der Waals surface area contributed by atoms with Crippen molar-refractivity contribution in [3.8, 4) is 11.5 Å². The Labute approximate surface area is 192 Å². The van der Waals surface area contributed by atoms with Crippen molar-refractivity contribution in [2.75, 3.05) is 33.9 Å². The van der Waals surface area contributed by atoms with Crippen molar-refractivity contribution >= 4 is 17.9 Å². The van der Waals surface area contributed by atoms with Crippen molar-refractivity contribution in [3.63, 3.8) is 0 Å². The van der Waals surface area contributed by atoms with Crippen LogP contribution in [-0.4, -0.2) is 60.0 Å². The molecule has 1 aromatic heterocycles. The van der Waals surface area contributed by atoms with Gasteiger partial charge >= 0.3 is 0 Å². The van der Waals surface area contributed by atoms with Gasteiger partial charge in [-0.1, -0.05) is 6.07 Å². The molecule has 4 heterocycles. The molecule has 2 atom stereocenters. The van der Waals surface area contributed by atoms with Gasteiger partial charge in [0, 0.05) is 43.5 Å². The first-order valence-corrected chi connectivity index (χ1v) is 11.2. The Kier molecular flexibility index (Phi) is 5.44. The van der Waals surface area contributed by atoms with Crippen molar-refractivity contribution in [1.29, 1.82) is 0 Å². The molecule has 0 unspecified atom stereocenters. The molecule has 3 aliphatic heterocycles. The van der Waals surface area contributed by atoms with Crippen LogP contribution in [0.15, 0.2) is 41.3 Å². The maximum absolute atomic E-state index is 13.2. The number of piperidine rings is 1. The third-order valence-corrected chi connectivity index (χ3v) is 6.88. The molecule has 0 radical (unpaired) electrons. The van der Waals surface area contributed by atoms with E-state index in [0.717, 1.165) is 23.2 Å². The molecular formula is C25H27N3O5. The zero-order chi connectivity index (χ0) is 23.1. The second kappa shape index (κ2) is 8.42. The molecule has 0 spiro atoms. The Morgan fingerprint density at radius 2 is 1.85 bits per heavy atom. The molecule has 0 N–H and O–H groups in total. The predicted octanol–water partition coefficient (Wildman–Crippen LogP) is 1.87. The third kappa shape index (κ3) is 3.90. The minimum atomic E-state index is -0.139. The summed E-state index contributed by atoms with van der Waals surface area (Å²) in [5.74, 6) is 1.35. The van der Waals surface area contributed by atoms with Crippen molar-refractivity contribution in [1.82, 2.24) is 14.4 Å². The molecule has 5 rings (SSSR count). The quantitative estimate of drug-likeness (QED) is 0.712. The van der Waals surface area contributed by atoms with Crippen LogP contribution in [0.2, 0.25) is 0 Å². The summed E-state index contributed by atoms with van der Waals surface area (Å²) in [5.41, 5.74) is 2.72. The fourth-order valence-corrected chi connectivity index (χ4v) is 5.25. The average molecular weight is 450 g/mol. The van der Waals surface area contributed by atoms with Crippen LogP contribution >= 0.6 is 0 Å². The number of rotatable bonds is 4.